The van der Waals surface area contributed by atoms with Gasteiger partial charge in [0, 0.05) is 25.2 Å². The van der Waals surface area contributed by atoms with E-state index in [9.17, 15) is 14.0 Å². The Labute approximate surface area is 190 Å². The van der Waals surface area contributed by atoms with Gasteiger partial charge in [0.05, 0.1) is 11.3 Å². The average molecular weight is 456 g/mol. The summed E-state index contributed by atoms with van der Waals surface area (Å²) >= 11 is 1.31. The number of hydrogen-bond acceptors (Lipinski definition) is 5. The summed E-state index contributed by atoms with van der Waals surface area (Å²) in [5.41, 5.74) is 2.98. The first kappa shape index (κ1) is 23.5. The van der Waals surface area contributed by atoms with E-state index in [1.807, 2.05) is 43.5 Å². The minimum atomic E-state index is -0.556. The van der Waals surface area contributed by atoms with Crippen molar-refractivity contribution in [3.8, 4) is 0 Å². The van der Waals surface area contributed by atoms with E-state index < -0.39 is 11.7 Å². The van der Waals surface area contributed by atoms with Gasteiger partial charge in [0.1, 0.15) is 11.6 Å². The molecule has 32 heavy (non-hydrogen) atoms. The molecule has 0 aliphatic heterocycles. The van der Waals surface area contributed by atoms with E-state index in [1.54, 1.807) is 6.07 Å². The van der Waals surface area contributed by atoms with Gasteiger partial charge in [-0.25, -0.2) is 4.39 Å². The smallest absolute Gasteiger partial charge is 0.254 e. The maximum absolute atomic E-state index is 13.7. The fraction of sp³-hybridized carbons (Fsp3) is 0.304. The lowest BCUT2D eigenvalue weighted by molar-refractivity contribution is -0.113. The lowest BCUT2D eigenvalue weighted by Crippen LogP contribution is -2.27. The molecule has 2 N–H and O–H groups in total. The zero-order valence-corrected chi connectivity index (χ0v) is 19.1. The van der Waals surface area contributed by atoms with Crippen LogP contribution in [0.3, 0.4) is 0 Å². The average Bonchev–Trinajstić information content (AvgIpc) is 3.17. The number of aromatic nitrogens is 3. The molecule has 0 saturated heterocycles. The number of anilines is 1. The van der Waals surface area contributed by atoms with Crippen molar-refractivity contribution in [1.29, 1.82) is 0 Å². The molecule has 168 valence electrons. The molecule has 1 heterocycles. The molecule has 1 aromatic heterocycles. The Kier molecular flexibility index (Phi) is 7.99. The van der Waals surface area contributed by atoms with Crippen molar-refractivity contribution < 1.29 is 14.0 Å². The standard InChI is InChI=1S/C23H26FN5O2S/c1-4-29-20(12-13-25-22(31)17-9-5-6-10-18(17)24)27-28-23(29)32-14-21(30)26-19-11-7-8-15(2)16(19)3/h5-11H,4,12-14H2,1-3H3,(H,25,31)(H,26,30). The van der Waals surface area contributed by atoms with E-state index in [4.69, 9.17) is 0 Å². The van der Waals surface area contributed by atoms with E-state index in [0.717, 1.165) is 16.8 Å². The van der Waals surface area contributed by atoms with Crippen LogP contribution in [0.5, 0.6) is 0 Å². The third-order valence-corrected chi connectivity index (χ3v) is 6.04. The van der Waals surface area contributed by atoms with Gasteiger partial charge in [-0.15, -0.1) is 10.2 Å². The van der Waals surface area contributed by atoms with E-state index in [2.05, 4.69) is 20.8 Å². The second-order valence-electron chi connectivity index (χ2n) is 7.21. The van der Waals surface area contributed by atoms with Gasteiger partial charge in [-0.1, -0.05) is 36.0 Å². The van der Waals surface area contributed by atoms with Crippen molar-refractivity contribution in [3.63, 3.8) is 0 Å². The molecule has 0 aliphatic rings. The van der Waals surface area contributed by atoms with Gasteiger partial charge >= 0.3 is 0 Å². The number of nitrogens with zero attached hydrogens (tertiary/aromatic N) is 3. The number of benzene rings is 2. The fourth-order valence-electron chi connectivity index (χ4n) is 3.16. The Morgan fingerprint density at radius 3 is 2.62 bits per heavy atom. The molecule has 3 rings (SSSR count). The lowest BCUT2D eigenvalue weighted by Gasteiger charge is -2.11. The molecule has 0 saturated carbocycles. The van der Waals surface area contributed by atoms with Crippen molar-refractivity contribution in [2.75, 3.05) is 17.6 Å². The van der Waals surface area contributed by atoms with E-state index in [1.165, 1.54) is 30.0 Å². The zero-order valence-electron chi connectivity index (χ0n) is 18.3. The monoisotopic (exact) mass is 455 g/mol. The maximum Gasteiger partial charge on any atom is 0.254 e. The third kappa shape index (κ3) is 5.73. The Balaban J connectivity index is 1.54. The van der Waals surface area contributed by atoms with Crippen LogP contribution in [0, 0.1) is 19.7 Å². The second kappa shape index (κ2) is 10.9. The van der Waals surface area contributed by atoms with Crippen molar-refractivity contribution >= 4 is 29.3 Å². The summed E-state index contributed by atoms with van der Waals surface area (Å²) in [6.07, 6.45) is 0.441. The van der Waals surface area contributed by atoms with Crippen LogP contribution in [-0.4, -0.2) is 38.9 Å². The summed E-state index contributed by atoms with van der Waals surface area (Å²) in [5, 5.41) is 14.7. The van der Waals surface area contributed by atoms with Crippen molar-refractivity contribution in [3.05, 3.63) is 70.8 Å². The number of nitrogens with one attached hydrogen (secondary N) is 2. The molecular weight excluding hydrogens is 429 g/mol. The molecule has 9 heteroatoms. The Morgan fingerprint density at radius 2 is 1.88 bits per heavy atom. The molecule has 0 bridgehead atoms. The van der Waals surface area contributed by atoms with Crippen LogP contribution in [0.25, 0.3) is 0 Å². The molecule has 0 unspecified atom stereocenters. The van der Waals surface area contributed by atoms with Gasteiger partial charge in [0.15, 0.2) is 5.16 Å². The highest BCUT2D eigenvalue weighted by Crippen LogP contribution is 2.20. The highest BCUT2D eigenvalue weighted by atomic mass is 32.2. The number of thioether (sulfide) groups is 1. The first-order chi connectivity index (χ1) is 15.4. The predicted molar refractivity (Wildman–Crippen MR) is 123 cm³/mol. The molecule has 0 radical (unpaired) electrons. The quantitative estimate of drug-likeness (QED) is 0.480. The first-order valence-electron chi connectivity index (χ1n) is 10.3. The number of aryl methyl sites for hydroxylation is 1. The van der Waals surface area contributed by atoms with Crippen LogP contribution in [0.15, 0.2) is 47.6 Å². The van der Waals surface area contributed by atoms with Gasteiger partial charge in [0.2, 0.25) is 5.91 Å². The summed E-state index contributed by atoms with van der Waals surface area (Å²) in [6.45, 7) is 6.87. The summed E-state index contributed by atoms with van der Waals surface area (Å²) in [6, 6.07) is 11.6. The van der Waals surface area contributed by atoms with Crippen LogP contribution in [-0.2, 0) is 17.8 Å². The highest BCUT2D eigenvalue weighted by Gasteiger charge is 2.15. The fourth-order valence-corrected chi connectivity index (χ4v) is 3.98. The first-order valence-corrected chi connectivity index (χ1v) is 11.3. The lowest BCUT2D eigenvalue weighted by atomic mass is 10.1. The third-order valence-electron chi connectivity index (χ3n) is 5.07. The van der Waals surface area contributed by atoms with Crippen LogP contribution in [0.2, 0.25) is 0 Å². The molecule has 2 amide bonds. The molecule has 0 spiro atoms. The van der Waals surface area contributed by atoms with Gasteiger partial charge in [-0.2, -0.15) is 0 Å². The Morgan fingerprint density at radius 1 is 1.09 bits per heavy atom. The molecule has 0 aliphatic carbocycles. The predicted octanol–water partition coefficient (Wildman–Crippen LogP) is 3.76. The van der Waals surface area contributed by atoms with Crippen LogP contribution in [0.4, 0.5) is 10.1 Å². The van der Waals surface area contributed by atoms with E-state index in [0.29, 0.717) is 30.5 Å². The molecular formula is C23H26FN5O2S. The summed E-state index contributed by atoms with van der Waals surface area (Å²) in [5.74, 6) is -0.245. The SMILES string of the molecule is CCn1c(CCNC(=O)c2ccccc2F)nnc1SCC(=O)Nc1cccc(C)c1C. The summed E-state index contributed by atoms with van der Waals surface area (Å²) < 4.78 is 15.6. The number of halogens is 1. The Hall–Kier alpha value is -3.20. The Bertz CT molecular complexity index is 1120. The molecule has 0 atom stereocenters. The number of carbonyl (C=O) groups is 2. The van der Waals surface area contributed by atoms with Crippen molar-refractivity contribution in [1.82, 2.24) is 20.1 Å². The van der Waals surface area contributed by atoms with E-state index >= 15 is 0 Å². The molecule has 0 fully saturated rings. The highest BCUT2D eigenvalue weighted by molar-refractivity contribution is 7.99. The normalized spacial score (nSPS) is 10.8. The second-order valence-corrected chi connectivity index (χ2v) is 8.16. The number of amides is 2. The molecule has 7 nitrogen and oxygen atoms in total. The molecule has 3 aromatic rings. The van der Waals surface area contributed by atoms with Gasteiger partial charge in [0.25, 0.3) is 5.91 Å². The number of hydrogen-bond donors (Lipinski definition) is 2. The molecule has 2 aromatic carbocycles. The largest absolute Gasteiger partial charge is 0.351 e. The maximum atomic E-state index is 13.7. The topological polar surface area (TPSA) is 88.9 Å². The number of rotatable bonds is 9. The van der Waals surface area contributed by atoms with Crippen molar-refractivity contribution in [2.45, 2.75) is 38.9 Å². The minimum Gasteiger partial charge on any atom is -0.351 e. The van der Waals surface area contributed by atoms with Crippen LogP contribution in [0.1, 0.15) is 34.2 Å². The van der Waals surface area contributed by atoms with E-state index in [-0.39, 0.29) is 17.2 Å². The zero-order chi connectivity index (χ0) is 23.1. The van der Waals surface area contributed by atoms with Gasteiger partial charge in [-0.3, -0.25) is 9.59 Å². The summed E-state index contributed by atoms with van der Waals surface area (Å²) in [4.78, 5) is 24.5. The minimum absolute atomic E-state index is 0.00978. The summed E-state index contributed by atoms with van der Waals surface area (Å²) in [7, 11) is 0. The van der Waals surface area contributed by atoms with Crippen LogP contribution < -0.4 is 10.6 Å². The number of carbonyl (C=O) groups excluding carboxylic acids is 2. The van der Waals surface area contributed by atoms with Gasteiger partial charge < -0.3 is 15.2 Å². The van der Waals surface area contributed by atoms with Crippen LogP contribution >= 0.6 is 11.8 Å². The van der Waals surface area contributed by atoms with Gasteiger partial charge in [-0.05, 0) is 50.1 Å². The van der Waals surface area contributed by atoms with Crippen molar-refractivity contribution in [2.24, 2.45) is 0 Å².